The molecule has 6 nitrogen and oxygen atoms in total. The molecule has 0 fully saturated rings. The molecule has 8 heteroatoms. The van der Waals surface area contributed by atoms with Crippen LogP contribution in [0.1, 0.15) is 46.9 Å². The van der Waals surface area contributed by atoms with E-state index in [4.69, 9.17) is 20.8 Å². The molecule has 5 rings (SSSR count). The van der Waals surface area contributed by atoms with Gasteiger partial charge in [-0.05, 0) is 69.0 Å². The maximum atomic E-state index is 12.8. The Kier molecular flexibility index (Phi) is 7.91. The van der Waals surface area contributed by atoms with Gasteiger partial charge in [0.15, 0.2) is 11.6 Å². The van der Waals surface area contributed by atoms with Gasteiger partial charge in [-0.1, -0.05) is 80.0 Å². The van der Waals surface area contributed by atoms with E-state index in [9.17, 15) is 4.79 Å². The van der Waals surface area contributed by atoms with Gasteiger partial charge >= 0.3 is 0 Å². The van der Waals surface area contributed by atoms with E-state index in [1.165, 1.54) is 11.1 Å². The quantitative estimate of drug-likeness (QED) is 0.185. The Morgan fingerprint density at radius 3 is 2.38 bits per heavy atom. The molecule has 0 unspecified atom stereocenters. The minimum Gasteiger partial charge on any atom is -0.486 e. The number of amides is 1. The molecule has 1 amide bonds. The minimum absolute atomic E-state index is 0.121. The Labute approximate surface area is 240 Å². The number of carbonyl (C=O) groups excluding carboxylic acids is 1. The van der Waals surface area contributed by atoms with Crippen LogP contribution in [0.4, 0.5) is 5.82 Å². The highest BCUT2D eigenvalue weighted by Gasteiger charge is 2.22. The smallest absolute Gasteiger partial charge is 0.292 e. The first-order valence-electron chi connectivity index (χ1n) is 12.4. The Bertz CT molecular complexity index is 1560. The summed E-state index contributed by atoms with van der Waals surface area (Å²) in [5, 5.41) is 7.93. The maximum Gasteiger partial charge on any atom is 0.292 e. The molecule has 0 aliphatic rings. The average molecular weight is 605 g/mol. The fraction of sp³-hybridized carbons (Fsp3) is 0.161. The van der Waals surface area contributed by atoms with Crippen LogP contribution in [-0.4, -0.2) is 15.7 Å². The van der Waals surface area contributed by atoms with E-state index in [-0.39, 0.29) is 17.8 Å². The van der Waals surface area contributed by atoms with Crippen molar-refractivity contribution in [2.45, 2.75) is 32.4 Å². The highest BCUT2D eigenvalue weighted by Crippen LogP contribution is 2.32. The number of hydrogen-bond acceptors (Lipinski definition) is 4. The van der Waals surface area contributed by atoms with Crippen LogP contribution in [0.5, 0.6) is 5.75 Å². The van der Waals surface area contributed by atoms with Gasteiger partial charge < -0.3 is 14.5 Å². The second-order valence-corrected chi connectivity index (χ2v) is 11.0. The van der Waals surface area contributed by atoms with Gasteiger partial charge in [-0.25, -0.2) is 0 Å². The lowest BCUT2D eigenvalue weighted by molar-refractivity contribution is 0.0992. The number of rotatable bonds is 9. The fourth-order valence-electron chi connectivity index (χ4n) is 4.23. The van der Waals surface area contributed by atoms with Gasteiger partial charge in [0.2, 0.25) is 0 Å². The molecule has 0 saturated heterocycles. The van der Waals surface area contributed by atoms with Crippen molar-refractivity contribution in [2.75, 3.05) is 5.32 Å². The highest BCUT2D eigenvalue weighted by atomic mass is 79.9. The van der Waals surface area contributed by atoms with Crippen LogP contribution in [0, 0.1) is 0 Å². The number of halogens is 2. The third-order valence-corrected chi connectivity index (χ3v) is 7.38. The summed E-state index contributed by atoms with van der Waals surface area (Å²) in [6.45, 7) is 5.15. The molecular formula is C31H27BrClN3O3. The van der Waals surface area contributed by atoms with E-state index in [1.807, 2.05) is 42.5 Å². The molecule has 0 saturated carbocycles. The number of furan rings is 1. The highest BCUT2D eigenvalue weighted by molar-refractivity contribution is 9.10. The first-order chi connectivity index (χ1) is 18.8. The van der Waals surface area contributed by atoms with E-state index in [0.29, 0.717) is 27.6 Å². The molecule has 0 radical (unpaired) electrons. The molecule has 3 aromatic carbocycles. The molecule has 0 bridgehead atoms. The molecule has 2 heterocycles. The number of benzene rings is 3. The van der Waals surface area contributed by atoms with Crippen molar-refractivity contribution in [3.63, 3.8) is 0 Å². The van der Waals surface area contributed by atoms with Gasteiger partial charge in [-0.3, -0.25) is 9.48 Å². The van der Waals surface area contributed by atoms with E-state index in [1.54, 1.807) is 23.0 Å². The predicted molar refractivity (Wildman–Crippen MR) is 156 cm³/mol. The molecule has 0 atom stereocenters. The first-order valence-corrected chi connectivity index (χ1v) is 13.6. The predicted octanol–water partition coefficient (Wildman–Crippen LogP) is 8.10. The molecule has 0 aliphatic heterocycles. The molecule has 5 aromatic rings. The summed E-state index contributed by atoms with van der Waals surface area (Å²) in [5.41, 5.74) is 3.36. The standard InChI is InChI=1S/C31H27BrClN3O3/c1-31(2,22-6-4-3-5-7-22)23-10-14-25(15-11-23)38-20-26-16-17-28(39-26)30(37)34-29-27(32)19-36(35-29)18-21-8-12-24(33)13-9-21/h3-17,19H,18,20H2,1-2H3,(H,34,35,37). The van der Waals surface area contributed by atoms with Crippen LogP contribution in [-0.2, 0) is 18.6 Å². The van der Waals surface area contributed by atoms with E-state index in [0.717, 1.165) is 11.3 Å². The van der Waals surface area contributed by atoms with Crippen LogP contribution in [0.25, 0.3) is 0 Å². The summed E-state index contributed by atoms with van der Waals surface area (Å²) in [4.78, 5) is 12.8. The minimum atomic E-state index is -0.397. The maximum absolute atomic E-state index is 12.8. The summed E-state index contributed by atoms with van der Waals surface area (Å²) >= 11 is 9.42. The molecule has 0 spiro atoms. The zero-order valence-corrected chi connectivity index (χ0v) is 23.9. The summed E-state index contributed by atoms with van der Waals surface area (Å²) in [6, 6.07) is 29.4. The van der Waals surface area contributed by atoms with Crippen molar-refractivity contribution in [2.24, 2.45) is 0 Å². The van der Waals surface area contributed by atoms with Crippen molar-refractivity contribution < 1.29 is 13.9 Å². The Morgan fingerprint density at radius 1 is 0.974 bits per heavy atom. The van der Waals surface area contributed by atoms with Gasteiger partial charge in [0, 0.05) is 16.6 Å². The lowest BCUT2D eigenvalue weighted by Crippen LogP contribution is -2.18. The molecule has 2 aromatic heterocycles. The van der Waals surface area contributed by atoms with Crippen LogP contribution < -0.4 is 10.1 Å². The van der Waals surface area contributed by atoms with E-state index in [2.05, 4.69) is 76.6 Å². The molecule has 1 N–H and O–H groups in total. The monoisotopic (exact) mass is 603 g/mol. The number of anilines is 1. The first kappa shape index (κ1) is 26.8. The summed E-state index contributed by atoms with van der Waals surface area (Å²) in [6.07, 6.45) is 1.80. The van der Waals surface area contributed by atoms with Gasteiger partial charge in [0.25, 0.3) is 5.91 Å². The van der Waals surface area contributed by atoms with Gasteiger partial charge in [0.05, 0.1) is 11.0 Å². The summed E-state index contributed by atoms with van der Waals surface area (Å²) in [5.74, 6) is 1.45. The second-order valence-electron chi connectivity index (χ2n) is 9.67. The topological polar surface area (TPSA) is 69.3 Å². The SMILES string of the molecule is CC(C)(c1ccccc1)c1ccc(OCc2ccc(C(=O)Nc3nn(Cc4ccc(Cl)cc4)cc3Br)o2)cc1. The summed E-state index contributed by atoms with van der Waals surface area (Å²) in [7, 11) is 0. The van der Waals surface area contributed by atoms with Crippen molar-refractivity contribution >= 4 is 39.3 Å². The van der Waals surface area contributed by atoms with Gasteiger partial charge in [-0.15, -0.1) is 0 Å². The van der Waals surface area contributed by atoms with Crippen molar-refractivity contribution in [1.82, 2.24) is 9.78 Å². The number of aromatic nitrogens is 2. The largest absolute Gasteiger partial charge is 0.486 e. The van der Waals surface area contributed by atoms with Crippen LogP contribution in [0.2, 0.25) is 5.02 Å². The number of nitrogens with one attached hydrogen (secondary N) is 1. The lowest BCUT2D eigenvalue weighted by Gasteiger charge is -2.26. The van der Waals surface area contributed by atoms with Crippen LogP contribution in [0.15, 0.2) is 106 Å². The zero-order valence-electron chi connectivity index (χ0n) is 21.5. The zero-order chi connectivity index (χ0) is 27.4. The average Bonchev–Trinajstić information content (AvgIpc) is 3.56. The lowest BCUT2D eigenvalue weighted by atomic mass is 9.78. The third kappa shape index (κ3) is 6.44. The molecular weight excluding hydrogens is 578 g/mol. The van der Waals surface area contributed by atoms with Crippen LogP contribution >= 0.6 is 27.5 Å². The second kappa shape index (κ2) is 11.5. The molecule has 39 heavy (non-hydrogen) atoms. The van der Waals surface area contributed by atoms with Crippen molar-refractivity contribution in [1.29, 1.82) is 0 Å². The number of carbonyl (C=O) groups is 1. The number of hydrogen-bond donors (Lipinski definition) is 1. The van der Waals surface area contributed by atoms with Crippen molar-refractivity contribution in [3.8, 4) is 5.75 Å². The Morgan fingerprint density at radius 2 is 1.67 bits per heavy atom. The summed E-state index contributed by atoms with van der Waals surface area (Å²) < 4.78 is 14.0. The van der Waals surface area contributed by atoms with Gasteiger partial charge in [0.1, 0.15) is 18.1 Å². The van der Waals surface area contributed by atoms with E-state index >= 15 is 0 Å². The normalized spacial score (nSPS) is 11.4. The van der Waals surface area contributed by atoms with Crippen molar-refractivity contribution in [3.05, 3.63) is 135 Å². The van der Waals surface area contributed by atoms with Crippen LogP contribution in [0.3, 0.4) is 0 Å². The third-order valence-electron chi connectivity index (χ3n) is 6.54. The van der Waals surface area contributed by atoms with Gasteiger partial charge in [-0.2, -0.15) is 5.10 Å². The molecule has 0 aliphatic carbocycles. The number of ether oxygens (including phenoxy) is 1. The van der Waals surface area contributed by atoms with E-state index < -0.39 is 5.91 Å². The number of nitrogens with zero attached hydrogens (tertiary/aromatic N) is 2. The molecule has 198 valence electrons. The Hall–Kier alpha value is -3.81. The fourth-order valence-corrected chi connectivity index (χ4v) is 4.77. The Balaban J connectivity index is 1.17.